The van der Waals surface area contributed by atoms with Crippen LogP contribution in [-0.4, -0.2) is 35.1 Å². The molecule has 0 saturated heterocycles. The molecule has 2 aromatic rings. The van der Waals surface area contributed by atoms with Crippen molar-refractivity contribution in [2.24, 2.45) is 0 Å². The highest BCUT2D eigenvalue weighted by Crippen LogP contribution is 2.19. The monoisotopic (exact) mass is 432 g/mol. The molecule has 0 spiro atoms. The standard InChI is InChI=1S/C23H29ClN2O2S/c1-4-21(23(28)25-5-2)26(14-18-8-6-17(3)7-9-18)22(27)16-29-15-19-10-12-20(24)13-11-19/h6-13,21H,4-5,14-16H2,1-3H3,(H,25,28)/t21-/m0/s1. The predicted octanol–water partition coefficient (Wildman–Crippen LogP) is 4.83. The smallest absolute Gasteiger partial charge is 0.242 e. The normalized spacial score (nSPS) is 11.7. The summed E-state index contributed by atoms with van der Waals surface area (Å²) in [5, 5.41) is 3.56. The first-order valence-electron chi connectivity index (χ1n) is 9.89. The van der Waals surface area contributed by atoms with Gasteiger partial charge < -0.3 is 10.2 Å². The van der Waals surface area contributed by atoms with Crippen molar-refractivity contribution in [2.45, 2.75) is 45.5 Å². The number of nitrogens with one attached hydrogen (secondary N) is 1. The Morgan fingerprint density at radius 1 is 1.03 bits per heavy atom. The zero-order chi connectivity index (χ0) is 21.2. The van der Waals surface area contributed by atoms with Crippen LogP contribution in [0.5, 0.6) is 0 Å². The van der Waals surface area contributed by atoms with Crippen molar-refractivity contribution in [1.29, 1.82) is 0 Å². The Hall–Kier alpha value is -1.98. The van der Waals surface area contributed by atoms with Crippen LogP contribution >= 0.6 is 23.4 Å². The summed E-state index contributed by atoms with van der Waals surface area (Å²) in [6.45, 7) is 6.84. The van der Waals surface area contributed by atoms with E-state index in [0.717, 1.165) is 16.9 Å². The van der Waals surface area contributed by atoms with Crippen molar-refractivity contribution < 1.29 is 9.59 Å². The van der Waals surface area contributed by atoms with E-state index in [1.165, 1.54) is 5.56 Å². The second-order valence-electron chi connectivity index (χ2n) is 6.95. The van der Waals surface area contributed by atoms with Gasteiger partial charge in [-0.25, -0.2) is 0 Å². The maximum atomic E-state index is 13.1. The molecular weight excluding hydrogens is 404 g/mol. The molecule has 2 amide bonds. The summed E-state index contributed by atoms with van der Waals surface area (Å²) >= 11 is 7.47. The lowest BCUT2D eigenvalue weighted by molar-refractivity contribution is -0.139. The van der Waals surface area contributed by atoms with Crippen LogP contribution in [0.4, 0.5) is 0 Å². The fraction of sp³-hybridized carbons (Fsp3) is 0.391. The van der Waals surface area contributed by atoms with Gasteiger partial charge in [-0.1, -0.05) is 60.5 Å². The fourth-order valence-corrected chi connectivity index (χ4v) is 4.02. The second-order valence-corrected chi connectivity index (χ2v) is 8.37. The van der Waals surface area contributed by atoms with Crippen molar-refractivity contribution in [2.75, 3.05) is 12.3 Å². The third-order valence-electron chi connectivity index (χ3n) is 4.62. The number of aryl methyl sites for hydroxylation is 1. The SMILES string of the molecule is CCNC(=O)[C@H](CC)N(Cc1ccc(C)cc1)C(=O)CSCc1ccc(Cl)cc1. The highest BCUT2D eigenvalue weighted by Gasteiger charge is 2.28. The molecule has 4 nitrogen and oxygen atoms in total. The summed E-state index contributed by atoms with van der Waals surface area (Å²) in [6, 6.07) is 15.2. The average Bonchev–Trinajstić information content (AvgIpc) is 2.71. The molecule has 0 aliphatic heterocycles. The number of halogens is 1. The minimum atomic E-state index is -0.472. The van der Waals surface area contributed by atoms with Gasteiger partial charge in [0.05, 0.1) is 5.75 Å². The highest BCUT2D eigenvalue weighted by atomic mass is 35.5. The minimum absolute atomic E-state index is 0.0253. The third-order valence-corrected chi connectivity index (χ3v) is 5.86. The number of carbonyl (C=O) groups is 2. The first-order chi connectivity index (χ1) is 13.9. The number of nitrogens with zero attached hydrogens (tertiary/aromatic N) is 1. The van der Waals surface area contributed by atoms with Crippen LogP contribution in [-0.2, 0) is 21.9 Å². The summed E-state index contributed by atoms with van der Waals surface area (Å²) in [5.74, 6) is 0.921. The van der Waals surface area contributed by atoms with Crippen molar-refractivity contribution in [3.8, 4) is 0 Å². The highest BCUT2D eigenvalue weighted by molar-refractivity contribution is 7.99. The quantitative estimate of drug-likeness (QED) is 0.585. The van der Waals surface area contributed by atoms with Gasteiger partial charge in [0.25, 0.3) is 0 Å². The zero-order valence-corrected chi connectivity index (χ0v) is 18.9. The lowest BCUT2D eigenvalue weighted by Crippen LogP contribution is -2.49. The molecule has 0 saturated carbocycles. The number of hydrogen-bond donors (Lipinski definition) is 1. The molecule has 156 valence electrons. The van der Waals surface area contributed by atoms with E-state index in [0.29, 0.717) is 30.3 Å². The molecule has 0 radical (unpaired) electrons. The first kappa shape index (κ1) is 23.3. The molecule has 6 heteroatoms. The Balaban J connectivity index is 2.08. The number of carbonyl (C=O) groups excluding carboxylic acids is 2. The van der Waals surface area contributed by atoms with Crippen LogP contribution in [0.2, 0.25) is 5.02 Å². The van der Waals surface area contributed by atoms with Crippen molar-refractivity contribution in [1.82, 2.24) is 10.2 Å². The van der Waals surface area contributed by atoms with Gasteiger partial charge in [-0.3, -0.25) is 9.59 Å². The Kier molecular flexibility index (Phi) is 9.55. The predicted molar refractivity (Wildman–Crippen MR) is 122 cm³/mol. The van der Waals surface area contributed by atoms with E-state index in [-0.39, 0.29) is 11.8 Å². The van der Waals surface area contributed by atoms with Crippen LogP contribution in [0, 0.1) is 6.92 Å². The van der Waals surface area contributed by atoms with Crippen LogP contribution < -0.4 is 5.32 Å². The average molecular weight is 433 g/mol. The molecule has 1 N–H and O–H groups in total. The lowest BCUT2D eigenvalue weighted by Gasteiger charge is -2.30. The van der Waals surface area contributed by atoms with E-state index in [9.17, 15) is 9.59 Å². The summed E-state index contributed by atoms with van der Waals surface area (Å²) in [5.41, 5.74) is 3.31. The number of thioether (sulfide) groups is 1. The van der Waals surface area contributed by atoms with Gasteiger partial charge >= 0.3 is 0 Å². The third kappa shape index (κ3) is 7.41. The molecule has 2 aromatic carbocycles. The van der Waals surface area contributed by atoms with Crippen LogP contribution in [0.1, 0.15) is 37.0 Å². The van der Waals surface area contributed by atoms with E-state index < -0.39 is 6.04 Å². The molecular formula is C23H29ClN2O2S. The summed E-state index contributed by atoms with van der Waals surface area (Å²) in [4.78, 5) is 27.4. The number of rotatable bonds is 10. The molecule has 0 unspecified atom stereocenters. The Bertz CT molecular complexity index is 794. The molecule has 29 heavy (non-hydrogen) atoms. The van der Waals surface area contributed by atoms with E-state index in [1.807, 2.05) is 69.3 Å². The largest absolute Gasteiger partial charge is 0.355 e. The van der Waals surface area contributed by atoms with Gasteiger partial charge in [0.2, 0.25) is 11.8 Å². The van der Waals surface area contributed by atoms with E-state index >= 15 is 0 Å². The van der Waals surface area contributed by atoms with Gasteiger partial charge in [-0.05, 0) is 43.5 Å². The maximum Gasteiger partial charge on any atom is 0.242 e. The van der Waals surface area contributed by atoms with Gasteiger partial charge in [-0.2, -0.15) is 0 Å². The molecule has 0 aliphatic carbocycles. The lowest BCUT2D eigenvalue weighted by atomic mass is 10.1. The Morgan fingerprint density at radius 3 is 2.24 bits per heavy atom. The Morgan fingerprint density at radius 2 is 1.66 bits per heavy atom. The first-order valence-corrected chi connectivity index (χ1v) is 11.4. The molecule has 0 bridgehead atoms. The number of benzene rings is 2. The Labute approximate surface area is 183 Å². The minimum Gasteiger partial charge on any atom is -0.355 e. The van der Waals surface area contributed by atoms with Gasteiger partial charge in [0, 0.05) is 23.9 Å². The molecule has 0 heterocycles. The molecule has 2 rings (SSSR count). The second kappa shape index (κ2) is 11.9. The van der Waals surface area contributed by atoms with Crippen LogP contribution in [0.15, 0.2) is 48.5 Å². The fourth-order valence-electron chi connectivity index (χ4n) is 3.02. The van der Waals surface area contributed by atoms with Gasteiger partial charge in [0.15, 0.2) is 0 Å². The van der Waals surface area contributed by atoms with Gasteiger partial charge in [-0.15, -0.1) is 11.8 Å². The van der Waals surface area contributed by atoms with Crippen molar-refractivity contribution in [3.05, 3.63) is 70.2 Å². The number of amides is 2. The van der Waals surface area contributed by atoms with E-state index in [4.69, 9.17) is 11.6 Å². The molecule has 1 atom stereocenters. The molecule has 0 aliphatic rings. The topological polar surface area (TPSA) is 49.4 Å². The van der Waals surface area contributed by atoms with Crippen LogP contribution in [0.3, 0.4) is 0 Å². The van der Waals surface area contributed by atoms with Crippen molar-refractivity contribution >= 4 is 35.2 Å². The zero-order valence-electron chi connectivity index (χ0n) is 17.3. The number of likely N-dealkylation sites (N-methyl/N-ethyl adjacent to an activating group) is 1. The molecule has 0 aromatic heterocycles. The summed E-state index contributed by atoms with van der Waals surface area (Å²) in [7, 11) is 0. The van der Waals surface area contributed by atoms with E-state index in [2.05, 4.69) is 5.32 Å². The van der Waals surface area contributed by atoms with Crippen molar-refractivity contribution in [3.63, 3.8) is 0 Å². The summed E-state index contributed by atoms with van der Waals surface area (Å²) < 4.78 is 0. The van der Waals surface area contributed by atoms with Gasteiger partial charge in [0.1, 0.15) is 6.04 Å². The van der Waals surface area contributed by atoms with E-state index in [1.54, 1.807) is 16.7 Å². The number of hydrogen-bond acceptors (Lipinski definition) is 3. The summed E-state index contributed by atoms with van der Waals surface area (Å²) in [6.07, 6.45) is 0.575. The molecule has 0 fully saturated rings. The maximum absolute atomic E-state index is 13.1. The van der Waals surface area contributed by atoms with Crippen LogP contribution in [0.25, 0.3) is 0 Å².